The van der Waals surface area contributed by atoms with Crippen molar-refractivity contribution in [2.24, 2.45) is 5.73 Å². The Labute approximate surface area is 116 Å². The summed E-state index contributed by atoms with van der Waals surface area (Å²) in [6, 6.07) is 8.80. The molecule has 94 valence electrons. The van der Waals surface area contributed by atoms with E-state index in [2.05, 4.69) is 0 Å². The van der Waals surface area contributed by atoms with Crippen LogP contribution in [0.3, 0.4) is 0 Å². The fraction of sp³-hybridized carbons (Fsp3) is 0.273. The number of ether oxygens (including phenoxy) is 1. The number of rotatable bonds is 6. The van der Waals surface area contributed by atoms with Crippen molar-refractivity contribution in [3.63, 3.8) is 0 Å². The standard InChI is InChI=1S/C11H13INO3S/c12-17-11(15)10(16-9(14)6-7-13)8-4-2-1-3-5-8/h1-5,10,12H,6-7,13H2/q-1/t10-/m0/s1/i12T. The first kappa shape index (κ1) is 12.8. The number of carbonyl (C=O) groups is 2. The second-order valence-corrected chi connectivity index (χ2v) is 5.09. The fourth-order valence-electron chi connectivity index (χ4n) is 1.23. The van der Waals surface area contributed by atoms with Gasteiger partial charge < -0.3 is 0 Å². The van der Waals surface area contributed by atoms with Gasteiger partial charge in [-0.15, -0.1) is 0 Å². The predicted octanol–water partition coefficient (Wildman–Crippen LogP) is -1.92. The minimum absolute atomic E-state index is 0.0806. The van der Waals surface area contributed by atoms with E-state index in [-0.39, 0.29) is 18.1 Å². The van der Waals surface area contributed by atoms with Crippen molar-refractivity contribution in [3.05, 3.63) is 35.9 Å². The molecular weight excluding hydrogens is 353 g/mol. The third-order valence-corrected chi connectivity index (χ3v) is 3.66. The summed E-state index contributed by atoms with van der Waals surface area (Å²) in [6.07, 6.45) is -0.850. The summed E-state index contributed by atoms with van der Waals surface area (Å²) in [4.78, 5) is 23.3. The summed E-state index contributed by atoms with van der Waals surface area (Å²) in [5.74, 6) is -0.497. The average molecular weight is 368 g/mol. The Morgan fingerprint density at radius 3 is 2.76 bits per heavy atom. The molecule has 0 fully saturated rings. The molecule has 17 heavy (non-hydrogen) atoms. The van der Waals surface area contributed by atoms with Crippen LogP contribution in [0.2, 0.25) is 0 Å². The monoisotopic (exact) mass is 368 g/mol. The van der Waals surface area contributed by atoms with Crippen LogP contribution < -0.4 is 26.7 Å². The second-order valence-electron chi connectivity index (χ2n) is 3.22. The van der Waals surface area contributed by atoms with Crippen molar-refractivity contribution in [2.45, 2.75) is 12.5 Å². The Hall–Kier alpha value is -0.600. The van der Waals surface area contributed by atoms with Gasteiger partial charge in [0.15, 0.2) is 0 Å². The molecule has 6 heteroatoms. The number of hydrogen-bond acceptors (Lipinski definition) is 5. The molecule has 0 spiro atoms. The molecule has 0 saturated carbocycles. The second kappa shape index (κ2) is 7.67. The molecule has 0 radical (unpaired) electrons. The summed E-state index contributed by atoms with van der Waals surface area (Å²) < 4.78 is 12.3. The first-order chi connectivity index (χ1) is 8.69. The van der Waals surface area contributed by atoms with E-state index in [1.165, 1.54) is 0 Å². The normalized spacial score (nSPS) is 12.9. The topological polar surface area (TPSA) is 69.4 Å². The van der Waals surface area contributed by atoms with Gasteiger partial charge in [-0.1, -0.05) is 0 Å². The Balaban J connectivity index is 2.82. The summed E-state index contributed by atoms with van der Waals surface area (Å²) in [7, 11) is 0.924. The number of benzene rings is 1. The van der Waals surface area contributed by atoms with Gasteiger partial charge in [0.05, 0.1) is 0 Å². The van der Waals surface area contributed by atoms with Crippen molar-refractivity contribution in [1.29, 1.82) is 0.594 Å². The molecule has 2 N–H and O–H groups in total. The fourth-order valence-corrected chi connectivity index (χ4v) is 2.19. The van der Waals surface area contributed by atoms with E-state index in [1.807, 2.05) is 6.07 Å². The number of nitrogens with two attached hydrogens (primary N) is 1. The molecule has 0 unspecified atom stereocenters. The SMILES string of the molecule is [3H][I-]SC(=O)[C@@H](OC(=O)CCN)c1ccccc1. The van der Waals surface area contributed by atoms with E-state index in [1.54, 1.807) is 24.3 Å². The van der Waals surface area contributed by atoms with Crippen LogP contribution in [0.4, 0.5) is 0 Å². The van der Waals surface area contributed by atoms with Gasteiger partial charge in [0.2, 0.25) is 0 Å². The maximum absolute atomic E-state index is 11.8. The molecule has 0 aliphatic rings. The first-order valence-corrected chi connectivity index (χ1v) is 8.32. The van der Waals surface area contributed by atoms with Crippen LogP contribution in [0.25, 0.3) is 0 Å². The van der Waals surface area contributed by atoms with E-state index in [9.17, 15) is 9.59 Å². The zero-order valence-corrected chi connectivity index (χ0v) is 11.9. The van der Waals surface area contributed by atoms with Crippen LogP contribution in [-0.2, 0) is 14.3 Å². The minimum atomic E-state index is -0.991. The van der Waals surface area contributed by atoms with Crippen molar-refractivity contribution < 1.29 is 35.3 Å². The summed E-state index contributed by atoms with van der Waals surface area (Å²) in [5, 5.41) is -0.297. The van der Waals surface area contributed by atoms with Crippen molar-refractivity contribution in [1.82, 2.24) is 0 Å². The molecule has 0 amide bonds. The van der Waals surface area contributed by atoms with Gasteiger partial charge >= 0.3 is 117 Å². The van der Waals surface area contributed by atoms with Gasteiger partial charge in [0.25, 0.3) is 0 Å². The molecule has 0 aliphatic carbocycles. The Kier molecular flexibility index (Phi) is 5.80. The first-order valence-electron chi connectivity index (χ1n) is 5.33. The van der Waals surface area contributed by atoms with Gasteiger partial charge in [-0.25, -0.2) is 0 Å². The molecule has 0 bridgehead atoms. The van der Waals surface area contributed by atoms with Gasteiger partial charge in [-0.2, -0.15) is 0 Å². The predicted molar refractivity (Wildman–Crippen MR) is 62.9 cm³/mol. The number of carbonyl (C=O) groups excluding carboxylic acids is 2. The summed E-state index contributed by atoms with van der Waals surface area (Å²) >= 11 is -0.991. The van der Waals surface area contributed by atoms with E-state index >= 15 is 0 Å². The molecule has 4 nitrogen and oxygen atoms in total. The molecule has 1 aromatic rings. The molecule has 0 heterocycles. The van der Waals surface area contributed by atoms with E-state index in [4.69, 9.17) is 11.1 Å². The van der Waals surface area contributed by atoms with Crippen molar-refractivity contribution in [2.75, 3.05) is 6.54 Å². The Bertz CT molecular complexity index is 405. The van der Waals surface area contributed by atoms with Crippen LogP contribution in [-0.4, -0.2) is 18.2 Å². The van der Waals surface area contributed by atoms with Crippen LogP contribution in [0.1, 0.15) is 18.1 Å². The third-order valence-electron chi connectivity index (χ3n) is 1.99. The van der Waals surface area contributed by atoms with E-state index in [0.717, 1.165) is 8.93 Å². The summed E-state index contributed by atoms with van der Waals surface area (Å²) in [6.45, 7) is 0.188. The molecule has 0 saturated heterocycles. The third kappa shape index (κ3) is 4.64. The average Bonchev–Trinajstić information content (AvgIpc) is 2.37. The number of esters is 1. The molecular formula is C11H13INO3S-. The van der Waals surface area contributed by atoms with Crippen LogP contribution >= 0.6 is 8.93 Å². The van der Waals surface area contributed by atoms with E-state index < -0.39 is 33.1 Å². The van der Waals surface area contributed by atoms with Gasteiger partial charge in [-0.3, -0.25) is 0 Å². The van der Waals surface area contributed by atoms with Crippen molar-refractivity contribution >= 4 is 20.0 Å². The zero-order valence-electron chi connectivity index (χ0n) is 9.97. The van der Waals surface area contributed by atoms with Crippen molar-refractivity contribution in [3.8, 4) is 0 Å². The van der Waals surface area contributed by atoms with Crippen LogP contribution in [0.15, 0.2) is 30.3 Å². The van der Waals surface area contributed by atoms with E-state index in [0.29, 0.717) is 5.56 Å². The quantitative estimate of drug-likeness (QED) is 0.469. The molecule has 0 aliphatic heterocycles. The van der Waals surface area contributed by atoms with Crippen LogP contribution in [0.5, 0.6) is 0 Å². The van der Waals surface area contributed by atoms with Gasteiger partial charge in [0.1, 0.15) is 0 Å². The van der Waals surface area contributed by atoms with Gasteiger partial charge in [-0.05, 0) is 0 Å². The zero-order chi connectivity index (χ0) is 13.4. The van der Waals surface area contributed by atoms with Gasteiger partial charge in [0, 0.05) is 0 Å². The number of halogens is 1. The summed E-state index contributed by atoms with van der Waals surface area (Å²) in [5.41, 5.74) is 5.89. The molecule has 0 aromatic heterocycles. The molecule has 1 aromatic carbocycles. The number of hydrogen-bond donors (Lipinski definition) is 1. The van der Waals surface area contributed by atoms with Crippen LogP contribution in [0, 0.1) is 0 Å². The maximum atomic E-state index is 11.8. The molecule has 1 atom stereocenters. The Morgan fingerprint density at radius 1 is 1.47 bits per heavy atom. The Morgan fingerprint density at radius 2 is 2.18 bits per heavy atom. The molecule has 1 rings (SSSR count).